The van der Waals surface area contributed by atoms with Gasteiger partial charge in [0.05, 0.1) is 5.69 Å². The smallest absolute Gasteiger partial charge is 0.356 e. The van der Waals surface area contributed by atoms with E-state index in [1.807, 2.05) is 0 Å². The zero-order valence-electron chi connectivity index (χ0n) is 18.0. The van der Waals surface area contributed by atoms with Crippen LogP contribution in [0.15, 0.2) is 24.3 Å². The molecule has 0 amide bonds. The number of ether oxygens (including phenoxy) is 1. The van der Waals surface area contributed by atoms with Gasteiger partial charge in [0, 0.05) is 6.07 Å². The predicted octanol–water partition coefficient (Wildman–Crippen LogP) is 5.63. The van der Waals surface area contributed by atoms with Gasteiger partial charge in [-0.2, -0.15) is 5.10 Å². The van der Waals surface area contributed by atoms with Gasteiger partial charge in [-0.25, -0.2) is 9.48 Å². The topological polar surface area (TPSA) is 64.4 Å². The van der Waals surface area contributed by atoms with Crippen molar-refractivity contribution in [1.29, 1.82) is 0 Å². The van der Waals surface area contributed by atoms with Gasteiger partial charge in [-0.1, -0.05) is 40.2 Å². The molecule has 2 saturated carbocycles. The van der Waals surface area contributed by atoms with Crippen LogP contribution in [-0.4, -0.2) is 27.0 Å². The van der Waals surface area contributed by atoms with Gasteiger partial charge in [-0.15, -0.1) is 0 Å². The van der Waals surface area contributed by atoms with Gasteiger partial charge < -0.3 is 9.84 Å². The van der Waals surface area contributed by atoms with E-state index in [0.717, 1.165) is 31.4 Å². The Balaban J connectivity index is 1.79. The minimum absolute atomic E-state index is 0.0107. The van der Waals surface area contributed by atoms with Crippen molar-refractivity contribution in [3.63, 3.8) is 0 Å². The molecule has 0 spiro atoms. The van der Waals surface area contributed by atoms with Crippen molar-refractivity contribution in [1.82, 2.24) is 9.78 Å². The van der Waals surface area contributed by atoms with E-state index in [2.05, 4.69) is 51.0 Å². The number of rotatable bonds is 5. The highest BCUT2D eigenvalue weighted by molar-refractivity contribution is 5.85. The summed E-state index contributed by atoms with van der Waals surface area (Å²) in [7, 11) is 0. The zero-order chi connectivity index (χ0) is 20.8. The molecular formula is C24H32N2O3. The van der Waals surface area contributed by atoms with E-state index in [0.29, 0.717) is 5.88 Å². The Labute approximate surface area is 173 Å². The van der Waals surface area contributed by atoms with Gasteiger partial charge in [-0.05, 0) is 72.6 Å². The molecule has 4 rings (SSSR count). The molecule has 0 atom stereocenters. The van der Waals surface area contributed by atoms with Crippen LogP contribution >= 0.6 is 0 Å². The van der Waals surface area contributed by atoms with Gasteiger partial charge in [0.15, 0.2) is 5.69 Å². The molecule has 1 heterocycles. The Morgan fingerprint density at radius 3 is 2.41 bits per heavy atom. The lowest BCUT2D eigenvalue weighted by atomic mass is 9.83. The summed E-state index contributed by atoms with van der Waals surface area (Å²) in [5.74, 6) is -0.495. The summed E-state index contributed by atoms with van der Waals surface area (Å²) in [4.78, 5) is 11.6. The van der Waals surface area contributed by atoms with Gasteiger partial charge >= 0.3 is 5.97 Å². The van der Waals surface area contributed by atoms with E-state index < -0.39 is 5.97 Å². The van der Waals surface area contributed by atoms with Crippen molar-refractivity contribution in [3.05, 3.63) is 41.1 Å². The Morgan fingerprint density at radius 1 is 1.14 bits per heavy atom. The van der Waals surface area contributed by atoms with Crippen LogP contribution in [0, 0.1) is 0 Å². The van der Waals surface area contributed by atoms with Crippen molar-refractivity contribution < 1.29 is 14.6 Å². The third-order valence-electron chi connectivity index (χ3n) is 6.46. The van der Waals surface area contributed by atoms with Crippen LogP contribution < -0.4 is 4.74 Å². The number of nitrogens with zero attached hydrogens (tertiary/aromatic N) is 2. The first-order chi connectivity index (χ1) is 13.7. The molecule has 1 aromatic heterocycles. The van der Waals surface area contributed by atoms with E-state index in [-0.39, 0.29) is 22.6 Å². The molecular weight excluding hydrogens is 364 g/mol. The Bertz CT molecular complexity index is 889. The van der Waals surface area contributed by atoms with Crippen LogP contribution in [0.5, 0.6) is 5.88 Å². The van der Waals surface area contributed by atoms with Crippen molar-refractivity contribution in [3.8, 4) is 11.6 Å². The molecule has 0 unspecified atom stereocenters. The average Bonchev–Trinajstić information content (AvgIpc) is 3.28. The summed E-state index contributed by atoms with van der Waals surface area (Å²) in [6, 6.07) is 8.16. The van der Waals surface area contributed by atoms with Gasteiger partial charge in [0.2, 0.25) is 5.88 Å². The standard InChI is InChI=1S/C24H32N2O3/c1-23(2,3)16-12-17(24(4)10-11-24)14-18(13-16)26-21(15-20(25-26)22(27)28)29-19-8-6-5-7-9-19/h12-15,19H,5-11H2,1-4H3,(H,27,28). The van der Waals surface area contributed by atoms with E-state index in [9.17, 15) is 9.90 Å². The van der Waals surface area contributed by atoms with E-state index in [4.69, 9.17) is 4.74 Å². The molecule has 2 aliphatic carbocycles. The van der Waals surface area contributed by atoms with Crippen LogP contribution in [-0.2, 0) is 10.8 Å². The number of hydrogen-bond donors (Lipinski definition) is 1. The molecule has 1 N–H and O–H groups in total. The highest BCUT2D eigenvalue weighted by Crippen LogP contribution is 2.49. The lowest BCUT2D eigenvalue weighted by Crippen LogP contribution is -2.21. The summed E-state index contributed by atoms with van der Waals surface area (Å²) in [5, 5.41) is 13.9. The molecule has 0 saturated heterocycles. The Kier molecular flexibility index (Phi) is 4.96. The number of aromatic nitrogens is 2. The number of hydrogen-bond acceptors (Lipinski definition) is 3. The number of carbonyl (C=O) groups is 1. The van der Waals surface area contributed by atoms with Crippen LogP contribution in [0.3, 0.4) is 0 Å². The molecule has 2 aliphatic rings. The average molecular weight is 397 g/mol. The lowest BCUT2D eigenvalue weighted by molar-refractivity contribution is 0.0690. The maximum Gasteiger partial charge on any atom is 0.356 e. The number of carboxylic acids is 1. The molecule has 5 nitrogen and oxygen atoms in total. The minimum atomic E-state index is -1.03. The van der Waals surface area contributed by atoms with Crippen LogP contribution in [0.1, 0.15) is 94.3 Å². The monoisotopic (exact) mass is 396 g/mol. The van der Waals surface area contributed by atoms with Gasteiger partial charge in [0.1, 0.15) is 6.10 Å². The fraction of sp³-hybridized carbons (Fsp3) is 0.583. The molecule has 2 aromatic rings. The van der Waals surface area contributed by atoms with Crippen LogP contribution in [0.2, 0.25) is 0 Å². The van der Waals surface area contributed by atoms with Crippen molar-refractivity contribution >= 4 is 5.97 Å². The highest BCUT2D eigenvalue weighted by Gasteiger charge is 2.40. The second-order valence-electron chi connectivity index (χ2n) is 10.0. The molecule has 0 bridgehead atoms. The minimum Gasteiger partial charge on any atom is -0.476 e. The molecule has 5 heteroatoms. The molecule has 156 valence electrons. The van der Waals surface area contributed by atoms with Gasteiger partial charge in [0.25, 0.3) is 0 Å². The third kappa shape index (κ3) is 4.19. The van der Waals surface area contributed by atoms with E-state index in [1.54, 1.807) is 10.7 Å². The van der Waals surface area contributed by atoms with Crippen molar-refractivity contribution in [2.24, 2.45) is 0 Å². The largest absolute Gasteiger partial charge is 0.476 e. The van der Waals surface area contributed by atoms with Crippen LogP contribution in [0.4, 0.5) is 0 Å². The summed E-state index contributed by atoms with van der Waals surface area (Å²) >= 11 is 0. The van der Waals surface area contributed by atoms with Crippen LogP contribution in [0.25, 0.3) is 5.69 Å². The summed E-state index contributed by atoms with van der Waals surface area (Å²) in [6.45, 7) is 8.91. The fourth-order valence-corrected chi connectivity index (χ4v) is 4.08. The van der Waals surface area contributed by atoms with Crippen molar-refractivity contribution in [2.75, 3.05) is 0 Å². The Hall–Kier alpha value is -2.30. The van der Waals surface area contributed by atoms with E-state index >= 15 is 0 Å². The molecule has 29 heavy (non-hydrogen) atoms. The number of benzene rings is 1. The molecule has 0 radical (unpaired) electrons. The van der Waals surface area contributed by atoms with E-state index in [1.165, 1.54) is 30.4 Å². The fourth-order valence-electron chi connectivity index (χ4n) is 4.08. The first-order valence-electron chi connectivity index (χ1n) is 10.8. The van der Waals surface area contributed by atoms with Crippen molar-refractivity contribution in [2.45, 2.75) is 89.6 Å². The first kappa shape index (κ1) is 20.0. The maximum absolute atomic E-state index is 11.6. The quantitative estimate of drug-likeness (QED) is 0.711. The lowest BCUT2D eigenvalue weighted by Gasteiger charge is -2.25. The molecule has 2 fully saturated rings. The maximum atomic E-state index is 11.6. The second kappa shape index (κ2) is 7.19. The number of carboxylic acid groups (broad SMARTS) is 1. The number of aromatic carboxylic acids is 1. The first-order valence-corrected chi connectivity index (χ1v) is 10.8. The van der Waals surface area contributed by atoms with Gasteiger partial charge in [-0.3, -0.25) is 0 Å². The highest BCUT2D eigenvalue weighted by atomic mass is 16.5. The summed E-state index contributed by atoms with van der Waals surface area (Å²) in [5.41, 5.74) is 3.65. The Morgan fingerprint density at radius 2 is 1.83 bits per heavy atom. The molecule has 1 aromatic carbocycles. The molecule has 0 aliphatic heterocycles. The summed E-state index contributed by atoms with van der Waals surface area (Å²) < 4.78 is 7.97. The normalized spacial score (nSPS) is 19.2. The SMILES string of the molecule is CC(C)(C)c1cc(-n2nc(C(=O)O)cc2OC2CCCCC2)cc(C2(C)CC2)c1. The summed E-state index contributed by atoms with van der Waals surface area (Å²) in [6.07, 6.45) is 8.09. The third-order valence-corrected chi connectivity index (χ3v) is 6.46. The zero-order valence-corrected chi connectivity index (χ0v) is 18.0. The predicted molar refractivity (Wildman–Crippen MR) is 113 cm³/mol. The second-order valence-corrected chi connectivity index (χ2v) is 10.0.